The Bertz CT molecular complexity index is 339. The quantitative estimate of drug-likeness (QED) is 0.654. The Morgan fingerprint density at radius 2 is 2.17 bits per heavy atom. The normalized spacial score (nSPS) is 24.7. The highest BCUT2D eigenvalue weighted by molar-refractivity contribution is 5.78. The first-order chi connectivity index (χ1) is 11.2. The van der Waals surface area contributed by atoms with E-state index in [4.69, 9.17) is 9.47 Å². The Morgan fingerprint density at radius 1 is 1.39 bits per heavy atom. The zero-order valence-electron chi connectivity index (χ0n) is 14.3. The monoisotopic (exact) mass is 328 g/mol. The van der Waals surface area contributed by atoms with Gasteiger partial charge in [0, 0.05) is 25.6 Å². The van der Waals surface area contributed by atoms with Crippen LogP contribution in [0, 0.1) is 5.92 Å². The molecule has 6 nitrogen and oxygen atoms in total. The summed E-state index contributed by atoms with van der Waals surface area (Å²) in [6.07, 6.45) is 4.63. The number of hydrogen-bond donors (Lipinski definition) is 2. The van der Waals surface area contributed by atoms with Crippen LogP contribution in [-0.2, 0) is 14.3 Å². The summed E-state index contributed by atoms with van der Waals surface area (Å²) in [6.45, 7) is 6.95. The number of nitrogens with zero attached hydrogens (tertiary/aromatic N) is 1. The number of carbonyl (C=O) groups excluding carboxylic acids is 1. The topological polar surface area (TPSA) is 71.0 Å². The summed E-state index contributed by atoms with van der Waals surface area (Å²) in [6, 6.07) is 0. The van der Waals surface area contributed by atoms with Crippen molar-refractivity contribution >= 4 is 5.91 Å². The number of nitrogens with one attached hydrogen (secondary N) is 1. The maximum absolute atomic E-state index is 11.9. The highest BCUT2D eigenvalue weighted by Gasteiger charge is 2.25. The van der Waals surface area contributed by atoms with E-state index in [1.807, 2.05) is 0 Å². The molecule has 2 rings (SSSR count). The lowest BCUT2D eigenvalue weighted by Gasteiger charge is -2.32. The molecule has 0 aromatic carbocycles. The molecule has 0 spiro atoms. The molecule has 0 radical (unpaired) electrons. The summed E-state index contributed by atoms with van der Waals surface area (Å²) in [5, 5.41) is 13.1. The second-order valence-electron chi connectivity index (χ2n) is 6.69. The Morgan fingerprint density at radius 3 is 2.83 bits per heavy atom. The molecule has 2 saturated heterocycles. The van der Waals surface area contributed by atoms with Gasteiger partial charge in [-0.2, -0.15) is 0 Å². The van der Waals surface area contributed by atoms with Gasteiger partial charge in [0.15, 0.2) is 0 Å². The van der Waals surface area contributed by atoms with Crippen molar-refractivity contribution < 1.29 is 19.4 Å². The van der Waals surface area contributed by atoms with Crippen LogP contribution < -0.4 is 5.32 Å². The number of rotatable bonds is 9. The smallest absolute Gasteiger partial charge is 0.223 e. The van der Waals surface area contributed by atoms with Crippen LogP contribution in [0.1, 0.15) is 39.0 Å². The van der Waals surface area contributed by atoms with Gasteiger partial charge >= 0.3 is 0 Å². The molecule has 0 aromatic rings. The number of carbonyl (C=O) groups is 1. The molecule has 2 heterocycles. The van der Waals surface area contributed by atoms with E-state index in [-0.39, 0.29) is 17.9 Å². The standard InChI is InChI=1S/C17H32N2O4/c1-2-7-18-17(21)14-5-8-19(9-6-14)11-15(20)12-22-13-16-4-3-10-23-16/h14-16,20H,2-13H2,1H3,(H,18,21). The average Bonchev–Trinajstić information content (AvgIpc) is 3.06. The van der Waals surface area contributed by atoms with E-state index in [1.165, 1.54) is 0 Å². The van der Waals surface area contributed by atoms with E-state index in [0.717, 1.165) is 58.3 Å². The van der Waals surface area contributed by atoms with Gasteiger partial charge in [0.1, 0.15) is 0 Å². The summed E-state index contributed by atoms with van der Waals surface area (Å²) in [5.74, 6) is 0.317. The van der Waals surface area contributed by atoms with Crippen LogP contribution in [0.2, 0.25) is 0 Å². The minimum Gasteiger partial charge on any atom is -0.389 e. The summed E-state index contributed by atoms with van der Waals surface area (Å²) in [4.78, 5) is 14.2. The molecule has 0 aromatic heterocycles. The van der Waals surface area contributed by atoms with Crippen LogP contribution in [0.25, 0.3) is 0 Å². The SMILES string of the molecule is CCCNC(=O)C1CCN(CC(O)COCC2CCCO2)CC1. The van der Waals surface area contributed by atoms with E-state index >= 15 is 0 Å². The number of aliphatic hydroxyl groups excluding tert-OH is 1. The summed E-state index contributed by atoms with van der Waals surface area (Å²) in [7, 11) is 0. The number of aliphatic hydroxyl groups is 1. The molecule has 0 saturated carbocycles. The van der Waals surface area contributed by atoms with Crippen molar-refractivity contribution in [1.82, 2.24) is 10.2 Å². The van der Waals surface area contributed by atoms with Crippen molar-refractivity contribution in [2.75, 3.05) is 46.0 Å². The lowest BCUT2D eigenvalue weighted by atomic mass is 9.95. The van der Waals surface area contributed by atoms with E-state index < -0.39 is 6.10 Å². The minimum absolute atomic E-state index is 0.130. The molecule has 2 atom stereocenters. The fourth-order valence-corrected chi connectivity index (χ4v) is 3.23. The van der Waals surface area contributed by atoms with Crippen LogP contribution >= 0.6 is 0 Å². The average molecular weight is 328 g/mol. The van der Waals surface area contributed by atoms with Crippen LogP contribution in [0.5, 0.6) is 0 Å². The first-order valence-corrected chi connectivity index (χ1v) is 9.06. The molecule has 2 aliphatic heterocycles. The second-order valence-corrected chi connectivity index (χ2v) is 6.69. The Hall–Kier alpha value is -0.690. The van der Waals surface area contributed by atoms with Crippen LogP contribution in [0.15, 0.2) is 0 Å². The summed E-state index contributed by atoms with van der Waals surface area (Å²) >= 11 is 0. The molecule has 2 fully saturated rings. The number of β-amino-alcohol motifs (C(OH)–C–C–N with tert-alkyl or cyclic N) is 1. The Kier molecular flexibility index (Phi) is 8.30. The van der Waals surface area contributed by atoms with Gasteiger partial charge in [-0.05, 0) is 45.2 Å². The zero-order valence-corrected chi connectivity index (χ0v) is 14.3. The van der Waals surface area contributed by atoms with Crippen molar-refractivity contribution in [3.8, 4) is 0 Å². The number of piperidine rings is 1. The van der Waals surface area contributed by atoms with Gasteiger partial charge in [-0.3, -0.25) is 4.79 Å². The van der Waals surface area contributed by atoms with Gasteiger partial charge < -0.3 is 24.8 Å². The van der Waals surface area contributed by atoms with E-state index in [2.05, 4.69) is 17.1 Å². The van der Waals surface area contributed by atoms with Gasteiger partial charge in [-0.1, -0.05) is 6.92 Å². The predicted octanol–water partition coefficient (Wildman–Crippen LogP) is 0.781. The zero-order chi connectivity index (χ0) is 16.5. The van der Waals surface area contributed by atoms with Gasteiger partial charge in [-0.15, -0.1) is 0 Å². The van der Waals surface area contributed by atoms with Gasteiger partial charge in [-0.25, -0.2) is 0 Å². The Balaban J connectivity index is 1.55. The molecule has 134 valence electrons. The number of amides is 1. The molecule has 6 heteroatoms. The van der Waals surface area contributed by atoms with Crippen LogP contribution in [0.4, 0.5) is 0 Å². The van der Waals surface area contributed by atoms with Crippen molar-refractivity contribution in [2.45, 2.75) is 51.2 Å². The molecule has 0 bridgehead atoms. The molecule has 2 unspecified atom stereocenters. The number of hydrogen-bond acceptors (Lipinski definition) is 5. The van der Waals surface area contributed by atoms with Gasteiger partial charge in [0.2, 0.25) is 5.91 Å². The van der Waals surface area contributed by atoms with Crippen molar-refractivity contribution in [1.29, 1.82) is 0 Å². The van der Waals surface area contributed by atoms with E-state index in [1.54, 1.807) is 0 Å². The van der Waals surface area contributed by atoms with Gasteiger partial charge in [0.25, 0.3) is 0 Å². The molecule has 1 amide bonds. The molecule has 0 aliphatic carbocycles. The highest BCUT2D eigenvalue weighted by atomic mass is 16.5. The molecular formula is C17H32N2O4. The second kappa shape index (κ2) is 10.2. The number of likely N-dealkylation sites (tertiary alicyclic amines) is 1. The van der Waals surface area contributed by atoms with Crippen LogP contribution in [-0.4, -0.2) is 74.1 Å². The third-order valence-electron chi connectivity index (χ3n) is 4.61. The first kappa shape index (κ1) is 18.6. The fourth-order valence-electron chi connectivity index (χ4n) is 3.23. The van der Waals surface area contributed by atoms with Gasteiger partial charge in [0.05, 0.1) is 25.4 Å². The number of ether oxygens (including phenoxy) is 2. The van der Waals surface area contributed by atoms with E-state index in [9.17, 15) is 9.90 Å². The molecular weight excluding hydrogens is 296 g/mol. The molecule has 23 heavy (non-hydrogen) atoms. The van der Waals surface area contributed by atoms with E-state index in [0.29, 0.717) is 19.8 Å². The largest absolute Gasteiger partial charge is 0.389 e. The third kappa shape index (κ3) is 6.75. The maximum Gasteiger partial charge on any atom is 0.223 e. The Labute approximate surface area is 139 Å². The highest BCUT2D eigenvalue weighted by Crippen LogP contribution is 2.17. The lowest BCUT2D eigenvalue weighted by Crippen LogP contribution is -2.44. The van der Waals surface area contributed by atoms with Crippen molar-refractivity contribution in [3.05, 3.63) is 0 Å². The third-order valence-corrected chi connectivity index (χ3v) is 4.61. The maximum atomic E-state index is 11.9. The minimum atomic E-state index is -0.470. The van der Waals surface area contributed by atoms with Crippen molar-refractivity contribution in [3.63, 3.8) is 0 Å². The molecule has 2 aliphatic rings. The first-order valence-electron chi connectivity index (χ1n) is 9.06. The molecule has 2 N–H and O–H groups in total. The van der Waals surface area contributed by atoms with Crippen molar-refractivity contribution in [2.24, 2.45) is 5.92 Å². The fraction of sp³-hybridized carbons (Fsp3) is 0.941. The summed E-state index contributed by atoms with van der Waals surface area (Å²) in [5.41, 5.74) is 0. The van der Waals surface area contributed by atoms with Crippen LogP contribution in [0.3, 0.4) is 0 Å². The predicted molar refractivity (Wildman–Crippen MR) is 88.3 cm³/mol. The summed E-state index contributed by atoms with van der Waals surface area (Å²) < 4.78 is 11.1. The lowest BCUT2D eigenvalue weighted by molar-refractivity contribution is -0.126.